The van der Waals surface area contributed by atoms with Crippen LogP contribution >= 0.6 is 0 Å². The summed E-state index contributed by atoms with van der Waals surface area (Å²) in [6, 6.07) is 2.25. The van der Waals surface area contributed by atoms with Gasteiger partial charge in [-0.15, -0.1) is 0 Å². The largest absolute Gasteiger partial charge is 0.545 e. The van der Waals surface area contributed by atoms with Gasteiger partial charge >= 0.3 is 6.18 Å². The summed E-state index contributed by atoms with van der Waals surface area (Å²) in [6.45, 7) is 3.40. The number of carbonyl (C=O) groups excluding carboxylic acids is 1. The molecule has 0 radical (unpaired) electrons. The van der Waals surface area contributed by atoms with Crippen molar-refractivity contribution in [1.29, 1.82) is 0 Å². The third-order valence-electron chi connectivity index (χ3n) is 2.54. The summed E-state index contributed by atoms with van der Waals surface area (Å²) in [5, 5.41) is 10.7. The highest BCUT2D eigenvalue weighted by molar-refractivity contribution is 5.86. The smallest absolute Gasteiger partial charge is 0.419 e. The molecule has 0 aliphatic rings. The molecule has 0 aliphatic carbocycles. The minimum Gasteiger partial charge on any atom is -0.545 e. The van der Waals surface area contributed by atoms with Crippen molar-refractivity contribution in [3.8, 4) is 5.75 Å². The lowest BCUT2D eigenvalue weighted by atomic mass is 10.1. The van der Waals surface area contributed by atoms with Crippen LogP contribution in [0.4, 0.5) is 13.2 Å². The Balaban J connectivity index is 3.24. The van der Waals surface area contributed by atoms with E-state index in [2.05, 4.69) is 0 Å². The lowest BCUT2D eigenvalue weighted by Gasteiger charge is -2.23. The van der Waals surface area contributed by atoms with Crippen LogP contribution in [0.15, 0.2) is 18.2 Å². The van der Waals surface area contributed by atoms with Crippen molar-refractivity contribution in [2.45, 2.75) is 26.3 Å². The lowest BCUT2D eigenvalue weighted by Crippen LogP contribution is -2.27. The fraction of sp³-hybridized carbons (Fsp3) is 0.462. The van der Waals surface area contributed by atoms with E-state index in [-0.39, 0.29) is 5.92 Å². The molecule has 0 heterocycles. The van der Waals surface area contributed by atoms with E-state index in [1.165, 1.54) is 7.11 Å². The maximum Gasteiger partial charge on any atom is 0.419 e. The average molecular weight is 291 g/mol. The molecule has 0 amide bonds. The van der Waals surface area contributed by atoms with E-state index in [4.69, 9.17) is 9.47 Å². The van der Waals surface area contributed by atoms with Crippen LogP contribution in [0.3, 0.4) is 0 Å². The summed E-state index contributed by atoms with van der Waals surface area (Å²) < 4.78 is 48.6. The van der Waals surface area contributed by atoms with Gasteiger partial charge in [-0.3, -0.25) is 0 Å². The van der Waals surface area contributed by atoms with Crippen LogP contribution in [0.2, 0.25) is 0 Å². The van der Waals surface area contributed by atoms with Gasteiger partial charge in [0.15, 0.2) is 0 Å². The molecule has 7 heteroatoms. The van der Waals surface area contributed by atoms with Crippen molar-refractivity contribution in [2.75, 3.05) is 7.11 Å². The molecule has 1 atom stereocenters. The zero-order chi connectivity index (χ0) is 15.5. The Bertz CT molecular complexity index is 483. The first-order chi connectivity index (χ1) is 9.16. The van der Waals surface area contributed by atoms with Crippen molar-refractivity contribution in [3.05, 3.63) is 29.3 Å². The normalized spacial score (nSPS) is 13.3. The van der Waals surface area contributed by atoms with Crippen LogP contribution in [0.5, 0.6) is 5.75 Å². The van der Waals surface area contributed by atoms with Gasteiger partial charge in [0, 0.05) is 18.6 Å². The van der Waals surface area contributed by atoms with E-state index in [1.54, 1.807) is 13.8 Å². The number of hydrogen-bond acceptors (Lipinski definition) is 4. The first-order valence-corrected chi connectivity index (χ1v) is 5.79. The Labute approximate surface area is 114 Å². The van der Waals surface area contributed by atoms with Crippen LogP contribution in [0, 0.1) is 5.92 Å². The van der Waals surface area contributed by atoms with Gasteiger partial charge in [-0.1, -0.05) is 19.9 Å². The first-order valence-electron chi connectivity index (χ1n) is 5.79. The summed E-state index contributed by atoms with van der Waals surface area (Å²) in [6.07, 6.45) is -5.58. The predicted octanol–water partition coefficient (Wildman–Crippen LogP) is 2.08. The van der Waals surface area contributed by atoms with E-state index in [9.17, 15) is 23.1 Å². The first kappa shape index (κ1) is 16.3. The second-order valence-corrected chi connectivity index (χ2v) is 4.46. The molecule has 1 aromatic carbocycles. The monoisotopic (exact) mass is 291 g/mol. The molecule has 0 saturated heterocycles. The highest BCUT2D eigenvalue weighted by Crippen LogP contribution is 2.37. The number of alkyl halides is 3. The Morgan fingerprint density at radius 1 is 1.30 bits per heavy atom. The van der Waals surface area contributed by atoms with Crippen LogP contribution in [-0.2, 0) is 10.9 Å². The molecule has 0 saturated carbocycles. The zero-order valence-corrected chi connectivity index (χ0v) is 11.2. The van der Waals surface area contributed by atoms with Crippen molar-refractivity contribution in [2.24, 2.45) is 5.92 Å². The molecule has 1 unspecified atom stereocenters. The Kier molecular flexibility index (Phi) is 4.99. The van der Waals surface area contributed by atoms with Gasteiger partial charge < -0.3 is 19.4 Å². The molecule has 112 valence electrons. The predicted molar refractivity (Wildman–Crippen MR) is 62.0 cm³/mol. The SMILES string of the molecule is COC(Oc1cc(C(=O)[O-])ccc1C(F)(F)F)C(C)C. The van der Waals surface area contributed by atoms with E-state index in [0.29, 0.717) is 6.07 Å². The minimum atomic E-state index is -4.66. The van der Waals surface area contributed by atoms with E-state index >= 15 is 0 Å². The second-order valence-electron chi connectivity index (χ2n) is 4.46. The molecular weight excluding hydrogens is 277 g/mol. The minimum absolute atomic E-state index is 0.215. The summed E-state index contributed by atoms with van der Waals surface area (Å²) in [5.74, 6) is -2.39. The molecule has 0 bridgehead atoms. The van der Waals surface area contributed by atoms with Crippen molar-refractivity contribution in [1.82, 2.24) is 0 Å². The number of rotatable bonds is 5. The van der Waals surface area contributed by atoms with Crippen molar-refractivity contribution >= 4 is 5.97 Å². The molecular formula is C13H14F3O4-. The van der Waals surface area contributed by atoms with Gasteiger partial charge in [-0.05, 0) is 12.1 Å². The molecule has 1 rings (SSSR count). The second kappa shape index (κ2) is 6.13. The summed E-state index contributed by atoms with van der Waals surface area (Å²) in [4.78, 5) is 10.7. The van der Waals surface area contributed by atoms with E-state index < -0.39 is 35.3 Å². The maximum atomic E-state index is 12.9. The number of carboxylic acid groups (broad SMARTS) is 1. The van der Waals surface area contributed by atoms with Crippen LogP contribution in [0.1, 0.15) is 29.8 Å². The third-order valence-corrected chi connectivity index (χ3v) is 2.54. The molecule has 0 N–H and O–H groups in total. The van der Waals surface area contributed by atoms with Crippen molar-refractivity contribution in [3.63, 3.8) is 0 Å². The summed E-state index contributed by atoms with van der Waals surface area (Å²) in [5.41, 5.74) is -1.46. The van der Waals surface area contributed by atoms with E-state index in [1.807, 2.05) is 0 Å². The number of hydrogen-bond donors (Lipinski definition) is 0. The Morgan fingerprint density at radius 3 is 2.30 bits per heavy atom. The van der Waals surface area contributed by atoms with Gasteiger partial charge in [0.05, 0.1) is 11.5 Å². The van der Waals surface area contributed by atoms with Gasteiger partial charge in [0.2, 0.25) is 6.29 Å². The number of benzene rings is 1. The van der Waals surface area contributed by atoms with Crippen LogP contribution in [0.25, 0.3) is 0 Å². The quantitative estimate of drug-likeness (QED) is 0.779. The average Bonchev–Trinajstić information content (AvgIpc) is 2.33. The molecule has 0 spiro atoms. The highest BCUT2D eigenvalue weighted by atomic mass is 19.4. The molecule has 20 heavy (non-hydrogen) atoms. The standard InChI is InChI=1S/C13H15F3O4/c1-7(2)12(19-3)20-10-6-8(11(17)18)4-5-9(10)13(14,15)16/h4-7,12H,1-3H3,(H,17,18)/p-1. The number of aromatic carboxylic acids is 1. The fourth-order valence-electron chi connectivity index (χ4n) is 1.56. The number of halogens is 3. The molecule has 1 aromatic rings. The Morgan fingerprint density at radius 2 is 1.90 bits per heavy atom. The number of carboxylic acids is 1. The number of methoxy groups -OCH3 is 1. The maximum absolute atomic E-state index is 12.9. The van der Waals surface area contributed by atoms with Crippen molar-refractivity contribution < 1.29 is 32.5 Å². The lowest BCUT2D eigenvalue weighted by molar-refractivity contribution is -0.255. The van der Waals surface area contributed by atoms with Gasteiger partial charge in [0.25, 0.3) is 0 Å². The molecule has 0 fully saturated rings. The van der Waals surface area contributed by atoms with Crippen LogP contribution in [-0.4, -0.2) is 19.4 Å². The fourth-order valence-corrected chi connectivity index (χ4v) is 1.56. The Hall–Kier alpha value is -1.76. The van der Waals surface area contributed by atoms with Gasteiger partial charge in [-0.2, -0.15) is 13.2 Å². The number of carbonyl (C=O) groups is 1. The summed E-state index contributed by atoms with van der Waals surface area (Å²) >= 11 is 0. The summed E-state index contributed by atoms with van der Waals surface area (Å²) in [7, 11) is 1.29. The molecule has 0 aromatic heterocycles. The van der Waals surface area contributed by atoms with E-state index in [0.717, 1.165) is 12.1 Å². The number of ether oxygens (including phenoxy) is 2. The van der Waals surface area contributed by atoms with Gasteiger partial charge in [0.1, 0.15) is 5.75 Å². The third kappa shape index (κ3) is 3.86. The zero-order valence-electron chi connectivity index (χ0n) is 11.2. The highest BCUT2D eigenvalue weighted by Gasteiger charge is 2.35. The molecule has 4 nitrogen and oxygen atoms in total. The van der Waals surface area contributed by atoms with Crippen LogP contribution < -0.4 is 9.84 Å². The molecule has 0 aliphatic heterocycles. The topological polar surface area (TPSA) is 58.6 Å². The van der Waals surface area contributed by atoms with Gasteiger partial charge in [-0.25, -0.2) is 0 Å².